The molecule has 9 nitrogen and oxygen atoms in total. The molecule has 1 aliphatic rings. The molecule has 2 aromatic heterocycles. The predicted octanol–water partition coefficient (Wildman–Crippen LogP) is 4.35. The fraction of sp³-hybridized carbons (Fsp3) is 0.280. The Morgan fingerprint density at radius 1 is 1.19 bits per heavy atom. The molecule has 1 unspecified atom stereocenters. The molecule has 3 heterocycles. The first-order valence-corrected chi connectivity index (χ1v) is 11.4. The van der Waals surface area contributed by atoms with E-state index < -0.39 is 6.61 Å². The standard InChI is InChI=1S/C25H24F2N6O3/c1-14(31-35)22-28-12-17(13-29-22)15-6-7-19-21(11-15)33-9-8-20(23(33)30-19)32(2)24(34)16-4-3-5-18(10-16)36-25(26)27/h3-7,10-14,20,25,31,35H,8-9H2,1-2H3/t14?,20-/m1/s1. The molecule has 2 aromatic carbocycles. The molecule has 1 amide bonds. The average Bonchev–Trinajstić information content (AvgIpc) is 3.46. The van der Waals surface area contributed by atoms with E-state index in [1.165, 1.54) is 18.2 Å². The highest BCUT2D eigenvalue weighted by atomic mass is 19.3. The van der Waals surface area contributed by atoms with Crippen molar-refractivity contribution in [3.05, 3.63) is 72.1 Å². The molecule has 0 radical (unpaired) electrons. The van der Waals surface area contributed by atoms with E-state index in [-0.39, 0.29) is 29.3 Å². The van der Waals surface area contributed by atoms with Gasteiger partial charge in [0.1, 0.15) is 17.4 Å². The summed E-state index contributed by atoms with van der Waals surface area (Å²) in [5, 5.41) is 9.06. The van der Waals surface area contributed by atoms with Crippen molar-refractivity contribution in [2.24, 2.45) is 0 Å². The van der Waals surface area contributed by atoms with Crippen molar-refractivity contribution in [3.8, 4) is 16.9 Å². The van der Waals surface area contributed by atoms with E-state index in [4.69, 9.17) is 10.2 Å². The smallest absolute Gasteiger partial charge is 0.387 e. The summed E-state index contributed by atoms with van der Waals surface area (Å²) in [7, 11) is 1.69. The zero-order valence-corrected chi connectivity index (χ0v) is 19.6. The fourth-order valence-electron chi connectivity index (χ4n) is 4.48. The summed E-state index contributed by atoms with van der Waals surface area (Å²) in [6, 6.07) is 11.0. The first kappa shape index (κ1) is 23.8. The van der Waals surface area contributed by atoms with Gasteiger partial charge in [0.15, 0.2) is 0 Å². The van der Waals surface area contributed by atoms with Gasteiger partial charge >= 0.3 is 6.61 Å². The van der Waals surface area contributed by atoms with Crippen molar-refractivity contribution in [1.29, 1.82) is 0 Å². The third-order valence-electron chi connectivity index (χ3n) is 6.38. The maximum absolute atomic E-state index is 13.1. The minimum Gasteiger partial charge on any atom is -0.435 e. The van der Waals surface area contributed by atoms with E-state index >= 15 is 0 Å². The van der Waals surface area contributed by atoms with Crippen LogP contribution in [0.2, 0.25) is 0 Å². The third kappa shape index (κ3) is 4.38. The Bertz CT molecular complexity index is 1410. The van der Waals surface area contributed by atoms with Crippen molar-refractivity contribution in [2.75, 3.05) is 7.05 Å². The normalized spacial score (nSPS) is 15.8. The van der Waals surface area contributed by atoms with Gasteiger partial charge in [-0.15, -0.1) is 0 Å². The Morgan fingerprint density at radius 3 is 2.69 bits per heavy atom. The summed E-state index contributed by atoms with van der Waals surface area (Å²) < 4.78 is 31.7. The molecule has 11 heteroatoms. The molecule has 1 aliphatic heterocycles. The van der Waals surface area contributed by atoms with Gasteiger partial charge in [0.05, 0.1) is 23.1 Å². The van der Waals surface area contributed by atoms with Crippen molar-refractivity contribution in [3.63, 3.8) is 0 Å². The van der Waals surface area contributed by atoms with E-state index in [0.29, 0.717) is 18.8 Å². The SMILES string of the molecule is CC(NO)c1ncc(-c2ccc3nc4n(c3c2)CC[C@H]4N(C)C(=O)c2cccc(OC(F)F)c2)cn1. The number of aryl methyl sites for hydroxylation is 1. The zero-order valence-electron chi connectivity index (χ0n) is 19.6. The van der Waals surface area contributed by atoms with Crippen LogP contribution in [0, 0.1) is 0 Å². The number of hydrogen-bond acceptors (Lipinski definition) is 7. The van der Waals surface area contributed by atoms with Crippen LogP contribution < -0.4 is 10.2 Å². The number of rotatable bonds is 7. The molecule has 186 valence electrons. The quantitative estimate of drug-likeness (QED) is 0.368. The van der Waals surface area contributed by atoms with E-state index in [1.807, 2.05) is 18.2 Å². The van der Waals surface area contributed by atoms with Gasteiger partial charge in [0, 0.05) is 37.1 Å². The maximum Gasteiger partial charge on any atom is 0.387 e. The predicted molar refractivity (Wildman–Crippen MR) is 127 cm³/mol. The summed E-state index contributed by atoms with van der Waals surface area (Å²) >= 11 is 0. The lowest BCUT2D eigenvalue weighted by Crippen LogP contribution is -2.30. The minimum absolute atomic E-state index is 0.0606. The fourth-order valence-corrected chi connectivity index (χ4v) is 4.48. The molecule has 2 N–H and O–H groups in total. The number of imidazole rings is 1. The van der Waals surface area contributed by atoms with Gasteiger partial charge < -0.3 is 19.4 Å². The Labute approximate surface area is 205 Å². The molecule has 0 bridgehead atoms. The van der Waals surface area contributed by atoms with Gasteiger partial charge in [-0.2, -0.15) is 14.3 Å². The minimum atomic E-state index is -2.96. The number of aromatic nitrogens is 4. The van der Waals surface area contributed by atoms with Crippen LogP contribution in [-0.2, 0) is 6.54 Å². The van der Waals surface area contributed by atoms with Crippen LogP contribution >= 0.6 is 0 Å². The van der Waals surface area contributed by atoms with E-state index in [9.17, 15) is 13.6 Å². The van der Waals surface area contributed by atoms with Crippen LogP contribution in [0.25, 0.3) is 22.2 Å². The topological polar surface area (TPSA) is 105 Å². The van der Waals surface area contributed by atoms with Gasteiger partial charge in [0.25, 0.3) is 5.91 Å². The second kappa shape index (κ2) is 9.59. The largest absolute Gasteiger partial charge is 0.435 e. The Kier molecular flexibility index (Phi) is 6.33. The number of alkyl halides is 2. The molecule has 36 heavy (non-hydrogen) atoms. The van der Waals surface area contributed by atoms with Crippen LogP contribution in [0.5, 0.6) is 5.75 Å². The van der Waals surface area contributed by atoms with Crippen LogP contribution in [0.1, 0.15) is 47.4 Å². The first-order chi connectivity index (χ1) is 17.4. The molecule has 0 saturated heterocycles. The van der Waals surface area contributed by atoms with E-state index in [0.717, 1.165) is 28.0 Å². The highest BCUT2D eigenvalue weighted by Gasteiger charge is 2.32. The molecule has 5 rings (SSSR count). The molecule has 2 atom stereocenters. The van der Waals surface area contributed by atoms with Gasteiger partial charge in [0.2, 0.25) is 0 Å². The Hall–Kier alpha value is -3.96. The number of nitrogens with zero attached hydrogens (tertiary/aromatic N) is 5. The number of ether oxygens (including phenoxy) is 1. The number of fused-ring (bicyclic) bond motifs is 3. The monoisotopic (exact) mass is 494 g/mol. The third-order valence-corrected chi connectivity index (χ3v) is 6.38. The van der Waals surface area contributed by atoms with Gasteiger partial charge in [-0.05, 0) is 49.2 Å². The molecular formula is C25H24F2N6O3. The zero-order chi connectivity index (χ0) is 25.4. The van der Waals surface area contributed by atoms with Gasteiger partial charge in [-0.3, -0.25) is 4.79 Å². The lowest BCUT2D eigenvalue weighted by Gasteiger charge is -2.23. The van der Waals surface area contributed by atoms with Crippen LogP contribution in [0.3, 0.4) is 0 Å². The summed E-state index contributed by atoms with van der Waals surface area (Å²) in [5.74, 6) is 0.890. The number of hydrogen-bond donors (Lipinski definition) is 2. The van der Waals surface area contributed by atoms with Crippen molar-refractivity contribution >= 4 is 16.9 Å². The van der Waals surface area contributed by atoms with Crippen molar-refractivity contribution in [2.45, 2.75) is 38.6 Å². The van der Waals surface area contributed by atoms with Crippen LogP contribution in [0.15, 0.2) is 54.9 Å². The number of halogens is 2. The van der Waals surface area contributed by atoms with Gasteiger partial charge in [-0.1, -0.05) is 12.1 Å². The van der Waals surface area contributed by atoms with Gasteiger partial charge in [-0.25, -0.2) is 15.0 Å². The number of amides is 1. The highest BCUT2D eigenvalue weighted by Crippen LogP contribution is 2.35. The lowest BCUT2D eigenvalue weighted by molar-refractivity contribution is -0.0499. The number of nitrogens with one attached hydrogen (secondary N) is 1. The van der Waals surface area contributed by atoms with Crippen molar-refractivity contribution in [1.82, 2.24) is 29.9 Å². The Balaban J connectivity index is 1.41. The molecular weight excluding hydrogens is 470 g/mol. The Morgan fingerprint density at radius 2 is 1.97 bits per heavy atom. The average molecular weight is 495 g/mol. The van der Waals surface area contributed by atoms with Crippen LogP contribution in [-0.4, -0.2) is 49.2 Å². The second-order valence-corrected chi connectivity index (χ2v) is 8.63. The molecule has 0 aliphatic carbocycles. The highest BCUT2D eigenvalue weighted by molar-refractivity contribution is 5.95. The van der Waals surface area contributed by atoms with E-state index in [2.05, 4.69) is 24.8 Å². The first-order valence-electron chi connectivity index (χ1n) is 11.4. The summed E-state index contributed by atoms with van der Waals surface area (Å²) in [6.07, 6.45) is 4.10. The number of benzene rings is 2. The van der Waals surface area contributed by atoms with E-state index in [1.54, 1.807) is 37.3 Å². The number of carbonyl (C=O) groups is 1. The maximum atomic E-state index is 13.1. The summed E-state index contributed by atoms with van der Waals surface area (Å²) in [6.45, 7) is -0.525. The molecule has 0 saturated carbocycles. The van der Waals surface area contributed by atoms with Crippen molar-refractivity contribution < 1.29 is 23.5 Å². The van der Waals surface area contributed by atoms with Crippen LogP contribution in [0.4, 0.5) is 8.78 Å². The molecule has 0 spiro atoms. The lowest BCUT2D eigenvalue weighted by atomic mass is 10.1. The molecule has 4 aromatic rings. The second-order valence-electron chi connectivity index (χ2n) is 8.63. The number of hydroxylamine groups is 1. The summed E-state index contributed by atoms with van der Waals surface area (Å²) in [5.41, 5.74) is 5.89. The summed E-state index contributed by atoms with van der Waals surface area (Å²) in [4.78, 5) is 28.2. The molecule has 0 fully saturated rings. The number of carbonyl (C=O) groups excluding carboxylic acids is 1.